The predicted molar refractivity (Wildman–Crippen MR) is 126 cm³/mol. The summed E-state index contributed by atoms with van der Waals surface area (Å²) in [6, 6.07) is 11.1. The Kier molecular flexibility index (Phi) is 8.80. The Morgan fingerprint density at radius 3 is 2.25 bits per heavy atom. The van der Waals surface area contributed by atoms with Crippen LogP contribution in [0.3, 0.4) is 0 Å². The molecule has 10 heteroatoms. The number of carbonyl (C=O) groups is 2. The first-order valence-corrected chi connectivity index (χ1v) is 12.6. The van der Waals surface area contributed by atoms with Crippen molar-refractivity contribution >= 4 is 43.5 Å². The summed E-state index contributed by atoms with van der Waals surface area (Å²) in [6.07, 6.45) is 0.969. The van der Waals surface area contributed by atoms with Gasteiger partial charge in [-0.05, 0) is 62.7 Å². The highest BCUT2D eigenvalue weighted by Gasteiger charge is 2.30. The number of halogens is 2. The van der Waals surface area contributed by atoms with Crippen molar-refractivity contribution in [3.05, 3.63) is 64.4 Å². The van der Waals surface area contributed by atoms with Gasteiger partial charge in [-0.15, -0.1) is 0 Å². The summed E-state index contributed by atoms with van der Waals surface area (Å²) >= 11 is 3.39. The Morgan fingerprint density at radius 1 is 1.09 bits per heavy atom. The third-order valence-corrected chi connectivity index (χ3v) is 6.27. The Hall–Kier alpha value is -2.46. The van der Waals surface area contributed by atoms with Gasteiger partial charge in [0.2, 0.25) is 21.8 Å². The number of anilines is 1. The quantitative estimate of drug-likeness (QED) is 0.542. The van der Waals surface area contributed by atoms with Crippen LogP contribution in [0.2, 0.25) is 0 Å². The molecule has 0 saturated heterocycles. The maximum Gasteiger partial charge on any atom is 0.244 e. The largest absolute Gasteiger partial charge is 0.352 e. The van der Waals surface area contributed by atoms with Crippen LogP contribution in [-0.4, -0.2) is 50.0 Å². The van der Waals surface area contributed by atoms with E-state index in [0.29, 0.717) is 0 Å². The molecule has 0 heterocycles. The Bertz CT molecular complexity index is 1060. The van der Waals surface area contributed by atoms with E-state index in [2.05, 4.69) is 21.2 Å². The van der Waals surface area contributed by atoms with Gasteiger partial charge in [0.25, 0.3) is 0 Å². The van der Waals surface area contributed by atoms with Crippen LogP contribution in [0.15, 0.2) is 53.0 Å². The van der Waals surface area contributed by atoms with E-state index >= 15 is 0 Å². The van der Waals surface area contributed by atoms with E-state index in [4.69, 9.17) is 0 Å². The average molecular weight is 528 g/mol. The highest BCUT2D eigenvalue weighted by Crippen LogP contribution is 2.20. The van der Waals surface area contributed by atoms with Crippen molar-refractivity contribution in [3.63, 3.8) is 0 Å². The number of sulfonamides is 1. The standard InChI is InChI=1S/C22H27BrFN3O4S/c1-15(2)25-22(29)16(3)26(13-17-6-5-7-18(23)12-17)21(28)14-27(32(4,30)31)20-10-8-19(24)9-11-20/h5-12,15-16H,13-14H2,1-4H3,(H,25,29). The second-order valence-corrected chi connectivity index (χ2v) is 10.6. The molecule has 0 spiro atoms. The molecular formula is C22H27BrFN3O4S. The van der Waals surface area contributed by atoms with Crippen molar-refractivity contribution in [2.45, 2.75) is 39.4 Å². The maximum atomic E-state index is 13.3. The third kappa shape index (κ3) is 7.30. The van der Waals surface area contributed by atoms with Gasteiger partial charge >= 0.3 is 0 Å². The van der Waals surface area contributed by atoms with E-state index in [0.717, 1.165) is 32.7 Å². The zero-order chi connectivity index (χ0) is 24.1. The number of nitrogens with one attached hydrogen (secondary N) is 1. The molecule has 2 aromatic carbocycles. The van der Waals surface area contributed by atoms with Crippen LogP contribution in [0, 0.1) is 5.82 Å². The second-order valence-electron chi connectivity index (χ2n) is 7.74. The topological polar surface area (TPSA) is 86.8 Å². The van der Waals surface area contributed by atoms with Crippen LogP contribution in [0.1, 0.15) is 26.3 Å². The van der Waals surface area contributed by atoms with Crippen molar-refractivity contribution in [1.29, 1.82) is 0 Å². The first-order chi connectivity index (χ1) is 14.9. The summed E-state index contributed by atoms with van der Waals surface area (Å²) in [5.74, 6) is -1.44. The monoisotopic (exact) mass is 527 g/mol. The lowest BCUT2D eigenvalue weighted by atomic mass is 10.1. The molecule has 2 aromatic rings. The summed E-state index contributed by atoms with van der Waals surface area (Å²) < 4.78 is 39.8. The molecule has 1 atom stereocenters. The van der Waals surface area contributed by atoms with Crippen LogP contribution < -0.4 is 9.62 Å². The van der Waals surface area contributed by atoms with Crippen LogP contribution in [0.25, 0.3) is 0 Å². The molecule has 0 fully saturated rings. The molecule has 2 rings (SSSR count). The lowest BCUT2D eigenvalue weighted by Gasteiger charge is -2.32. The van der Waals surface area contributed by atoms with Gasteiger partial charge in [0, 0.05) is 17.1 Å². The van der Waals surface area contributed by atoms with Gasteiger partial charge in [0.1, 0.15) is 18.4 Å². The molecule has 1 N–H and O–H groups in total. The predicted octanol–water partition coefficient (Wildman–Crippen LogP) is 3.30. The lowest BCUT2D eigenvalue weighted by molar-refractivity contribution is -0.139. The highest BCUT2D eigenvalue weighted by molar-refractivity contribution is 9.10. The number of hydrogen-bond acceptors (Lipinski definition) is 4. The molecule has 174 valence electrons. The molecular weight excluding hydrogens is 501 g/mol. The molecule has 0 radical (unpaired) electrons. The highest BCUT2D eigenvalue weighted by atomic mass is 79.9. The SMILES string of the molecule is CC(C)NC(=O)C(C)N(Cc1cccc(Br)c1)C(=O)CN(c1ccc(F)cc1)S(C)(=O)=O. The van der Waals surface area contributed by atoms with Gasteiger partial charge in [-0.2, -0.15) is 0 Å². The number of rotatable bonds is 9. The molecule has 0 aliphatic heterocycles. The summed E-state index contributed by atoms with van der Waals surface area (Å²) in [4.78, 5) is 27.3. The Labute approximate surface area is 196 Å². The Morgan fingerprint density at radius 2 is 1.72 bits per heavy atom. The number of amides is 2. The molecule has 1 unspecified atom stereocenters. The smallest absolute Gasteiger partial charge is 0.244 e. The summed E-state index contributed by atoms with van der Waals surface area (Å²) in [7, 11) is -3.85. The van der Waals surface area contributed by atoms with E-state index < -0.39 is 34.3 Å². The second kappa shape index (κ2) is 10.9. The molecule has 0 saturated carbocycles. The van der Waals surface area contributed by atoms with E-state index in [1.165, 1.54) is 17.0 Å². The maximum absolute atomic E-state index is 13.3. The van der Waals surface area contributed by atoms with Crippen LogP contribution in [0.4, 0.5) is 10.1 Å². The number of nitrogens with zero attached hydrogens (tertiary/aromatic N) is 2. The molecule has 7 nitrogen and oxygen atoms in total. The zero-order valence-electron chi connectivity index (χ0n) is 18.4. The fourth-order valence-corrected chi connectivity index (χ4v) is 4.34. The van der Waals surface area contributed by atoms with Crippen LogP contribution in [-0.2, 0) is 26.2 Å². The number of carbonyl (C=O) groups excluding carboxylic acids is 2. The normalized spacial score (nSPS) is 12.3. The molecule has 0 aliphatic rings. The number of hydrogen-bond donors (Lipinski definition) is 1. The van der Waals surface area contributed by atoms with Crippen LogP contribution in [0.5, 0.6) is 0 Å². The molecule has 0 aromatic heterocycles. The zero-order valence-corrected chi connectivity index (χ0v) is 20.8. The van der Waals surface area contributed by atoms with E-state index in [1.54, 1.807) is 6.92 Å². The van der Waals surface area contributed by atoms with Gasteiger partial charge < -0.3 is 10.2 Å². The van der Waals surface area contributed by atoms with Crippen molar-refractivity contribution in [1.82, 2.24) is 10.2 Å². The van der Waals surface area contributed by atoms with Gasteiger partial charge in [-0.1, -0.05) is 28.1 Å². The summed E-state index contributed by atoms with van der Waals surface area (Å²) in [5.41, 5.74) is 0.925. The minimum absolute atomic E-state index is 0.103. The van der Waals surface area contributed by atoms with Crippen molar-refractivity contribution in [2.24, 2.45) is 0 Å². The van der Waals surface area contributed by atoms with Gasteiger partial charge in [-0.3, -0.25) is 13.9 Å². The fraction of sp³-hybridized carbons (Fsp3) is 0.364. The van der Waals surface area contributed by atoms with Crippen LogP contribution >= 0.6 is 15.9 Å². The van der Waals surface area contributed by atoms with Gasteiger partial charge in [0.05, 0.1) is 11.9 Å². The minimum atomic E-state index is -3.85. The average Bonchev–Trinajstić information content (AvgIpc) is 2.69. The molecule has 0 bridgehead atoms. The van der Waals surface area contributed by atoms with Gasteiger partial charge in [-0.25, -0.2) is 12.8 Å². The van der Waals surface area contributed by atoms with E-state index in [-0.39, 0.29) is 24.2 Å². The van der Waals surface area contributed by atoms with E-state index in [9.17, 15) is 22.4 Å². The van der Waals surface area contributed by atoms with E-state index in [1.807, 2.05) is 38.1 Å². The summed E-state index contributed by atoms with van der Waals surface area (Å²) in [6.45, 7) is 4.79. The first kappa shape index (κ1) is 25.8. The molecule has 32 heavy (non-hydrogen) atoms. The summed E-state index contributed by atoms with van der Waals surface area (Å²) in [5, 5.41) is 2.78. The van der Waals surface area contributed by atoms with Crippen molar-refractivity contribution < 1.29 is 22.4 Å². The fourth-order valence-electron chi connectivity index (χ4n) is 3.04. The first-order valence-electron chi connectivity index (χ1n) is 9.96. The lowest BCUT2D eigenvalue weighted by Crippen LogP contribution is -2.52. The van der Waals surface area contributed by atoms with Crippen molar-refractivity contribution in [3.8, 4) is 0 Å². The minimum Gasteiger partial charge on any atom is -0.352 e. The van der Waals surface area contributed by atoms with Crippen molar-refractivity contribution in [2.75, 3.05) is 17.1 Å². The Balaban J connectivity index is 2.38. The third-order valence-electron chi connectivity index (χ3n) is 4.63. The molecule has 2 amide bonds. The molecule has 0 aliphatic carbocycles. The number of benzene rings is 2. The van der Waals surface area contributed by atoms with Gasteiger partial charge in [0.15, 0.2) is 0 Å².